The summed E-state index contributed by atoms with van der Waals surface area (Å²) < 4.78 is 59.8. The van der Waals surface area contributed by atoms with Crippen molar-refractivity contribution >= 4 is 34.1 Å². The normalized spacial score (nSPS) is 11.6. The minimum absolute atomic E-state index is 0.0413. The monoisotopic (exact) mass is 462 g/mol. The Hall–Kier alpha value is -3.53. The van der Waals surface area contributed by atoms with E-state index >= 15 is 0 Å². The molecule has 0 radical (unpaired) electrons. The highest BCUT2D eigenvalue weighted by molar-refractivity contribution is 7.85. The summed E-state index contributed by atoms with van der Waals surface area (Å²) >= 11 is 0. The highest BCUT2D eigenvalue weighted by atomic mass is 32.2. The first-order valence-electron chi connectivity index (χ1n) is 9.38. The predicted octanol–water partition coefficient (Wildman–Crippen LogP) is 4.55. The number of halogens is 3. The molecule has 3 rings (SSSR count). The number of carbonyl (C=O) groups excluding carboxylic acids is 2. The topological polar surface area (TPSA) is 85.4 Å². The molecule has 166 valence electrons. The number of carbonyl (C=O) groups is 2. The number of Topliss-reactive ketones (excluding diaryl/α,β-unsaturated/α-hetero) is 1. The van der Waals surface area contributed by atoms with Crippen molar-refractivity contribution in [3.63, 3.8) is 0 Å². The highest BCUT2D eigenvalue weighted by Gasteiger charge is 2.24. The van der Waals surface area contributed by atoms with E-state index in [9.17, 15) is 27.0 Å². The Bertz CT molecular complexity index is 1190. The number of hydrogen-bond donors (Lipinski definition) is 1. The maximum absolute atomic E-state index is 14.8. The number of anilines is 2. The maximum atomic E-state index is 14.8. The number of pyridine rings is 1. The molecular formula is C22H17F3N2O4S. The molecule has 10 heteroatoms. The Balaban J connectivity index is 2.07. The zero-order valence-electron chi connectivity index (χ0n) is 16.7. The first-order chi connectivity index (χ1) is 15.3. The first kappa shape index (κ1) is 23.1. The van der Waals surface area contributed by atoms with Crippen molar-refractivity contribution in [3.8, 4) is 0 Å². The molecule has 0 saturated heterocycles. The molecule has 0 aliphatic heterocycles. The van der Waals surface area contributed by atoms with Crippen LogP contribution in [-0.2, 0) is 20.3 Å². The molecule has 1 aromatic heterocycles. The van der Waals surface area contributed by atoms with Gasteiger partial charge in [0.2, 0.25) is 0 Å². The van der Waals surface area contributed by atoms with Gasteiger partial charge in [0.1, 0.15) is 34.7 Å². The van der Waals surface area contributed by atoms with E-state index in [-0.39, 0.29) is 28.6 Å². The van der Waals surface area contributed by atoms with Crippen LogP contribution >= 0.6 is 0 Å². The lowest BCUT2D eigenvalue weighted by Crippen LogP contribution is -2.15. The summed E-state index contributed by atoms with van der Waals surface area (Å²) in [6.07, 6.45) is -0.712. The largest absolute Gasteiger partial charge is 0.466 e. The fourth-order valence-corrected chi connectivity index (χ4v) is 3.76. The van der Waals surface area contributed by atoms with Crippen LogP contribution in [0.3, 0.4) is 0 Å². The van der Waals surface area contributed by atoms with Gasteiger partial charge in [-0.1, -0.05) is 18.2 Å². The summed E-state index contributed by atoms with van der Waals surface area (Å²) in [5, 5.41) is 2.00. The average molecular weight is 462 g/mol. The second kappa shape index (κ2) is 10.2. The lowest BCUT2D eigenvalue weighted by atomic mass is 10.1. The second-order valence-corrected chi connectivity index (χ2v) is 7.80. The number of aromatic nitrogens is 1. The summed E-state index contributed by atoms with van der Waals surface area (Å²) in [6.45, 7) is 1.60. The van der Waals surface area contributed by atoms with Crippen molar-refractivity contribution in [3.05, 3.63) is 77.6 Å². The predicted molar refractivity (Wildman–Crippen MR) is 111 cm³/mol. The van der Waals surface area contributed by atoms with E-state index in [1.54, 1.807) is 25.1 Å². The fraction of sp³-hybridized carbons (Fsp3) is 0.136. The van der Waals surface area contributed by atoms with Gasteiger partial charge in [-0.3, -0.25) is 9.59 Å². The zero-order valence-corrected chi connectivity index (χ0v) is 17.5. The van der Waals surface area contributed by atoms with Gasteiger partial charge in [0.05, 0.1) is 17.9 Å². The van der Waals surface area contributed by atoms with Gasteiger partial charge in [-0.25, -0.2) is 22.4 Å². The van der Waals surface area contributed by atoms with E-state index in [1.807, 2.05) is 0 Å². The van der Waals surface area contributed by atoms with Crippen LogP contribution < -0.4 is 5.32 Å². The average Bonchev–Trinajstić information content (AvgIpc) is 2.76. The van der Waals surface area contributed by atoms with Crippen molar-refractivity contribution in [2.24, 2.45) is 0 Å². The lowest BCUT2D eigenvalue weighted by molar-refractivity contribution is -0.141. The molecule has 1 N–H and O–H groups in total. The molecule has 1 heterocycles. The van der Waals surface area contributed by atoms with E-state index in [1.165, 1.54) is 12.1 Å². The SMILES string of the molecule is CCOC(=O)CC(=O)c1cc(F)c(S(=O)c2ccccc2)nc1Nc1ccc(F)cc1F. The van der Waals surface area contributed by atoms with Crippen LogP contribution in [0.15, 0.2) is 64.5 Å². The van der Waals surface area contributed by atoms with E-state index in [0.29, 0.717) is 6.07 Å². The van der Waals surface area contributed by atoms with Gasteiger partial charge >= 0.3 is 5.97 Å². The minimum atomic E-state index is -2.05. The number of esters is 1. The molecule has 0 bridgehead atoms. The molecule has 1 unspecified atom stereocenters. The van der Waals surface area contributed by atoms with Crippen LogP contribution in [0.5, 0.6) is 0 Å². The van der Waals surface area contributed by atoms with Crippen molar-refractivity contribution in [1.82, 2.24) is 4.98 Å². The molecule has 0 fully saturated rings. The van der Waals surface area contributed by atoms with E-state index in [4.69, 9.17) is 4.74 Å². The molecular weight excluding hydrogens is 445 g/mol. The Labute approximate surface area is 183 Å². The van der Waals surface area contributed by atoms with Crippen molar-refractivity contribution in [2.75, 3.05) is 11.9 Å². The van der Waals surface area contributed by atoms with Crippen LogP contribution in [0, 0.1) is 17.5 Å². The number of hydrogen-bond acceptors (Lipinski definition) is 6. The van der Waals surface area contributed by atoms with E-state index in [2.05, 4.69) is 10.3 Å². The van der Waals surface area contributed by atoms with Gasteiger partial charge in [0.25, 0.3) is 0 Å². The highest BCUT2D eigenvalue weighted by Crippen LogP contribution is 2.27. The Morgan fingerprint density at radius 1 is 1.03 bits per heavy atom. The van der Waals surface area contributed by atoms with Gasteiger partial charge in [0, 0.05) is 11.0 Å². The number of rotatable bonds is 8. The summed E-state index contributed by atoms with van der Waals surface area (Å²) in [4.78, 5) is 28.5. The first-order valence-corrected chi connectivity index (χ1v) is 10.5. The summed E-state index contributed by atoms with van der Waals surface area (Å²) in [5.74, 6) is -4.91. The standard InChI is InChI=1S/C22H17F3N2O4S/c1-2-31-20(29)12-19(28)15-11-17(25)22(32(30)14-6-4-3-5-7-14)27-21(15)26-18-9-8-13(23)10-16(18)24/h3-11H,2,12H2,1H3,(H,26,27). The van der Waals surface area contributed by atoms with Crippen LogP contribution in [0.1, 0.15) is 23.7 Å². The fourth-order valence-electron chi connectivity index (χ4n) is 2.72. The summed E-state index contributed by atoms with van der Waals surface area (Å²) in [7, 11) is -2.05. The number of nitrogens with one attached hydrogen (secondary N) is 1. The molecule has 3 aromatic rings. The number of ether oxygens (including phenoxy) is 1. The smallest absolute Gasteiger partial charge is 0.313 e. The third-order valence-corrected chi connectivity index (χ3v) is 5.51. The maximum Gasteiger partial charge on any atom is 0.313 e. The van der Waals surface area contributed by atoms with Gasteiger partial charge in [-0.2, -0.15) is 0 Å². The Kier molecular flexibility index (Phi) is 7.37. The molecule has 0 aliphatic carbocycles. The third kappa shape index (κ3) is 5.38. The molecule has 0 aliphatic rings. The molecule has 32 heavy (non-hydrogen) atoms. The van der Waals surface area contributed by atoms with Crippen molar-refractivity contribution in [2.45, 2.75) is 23.3 Å². The van der Waals surface area contributed by atoms with Gasteiger partial charge in [0.15, 0.2) is 16.6 Å². The van der Waals surface area contributed by atoms with Crippen molar-refractivity contribution in [1.29, 1.82) is 0 Å². The van der Waals surface area contributed by atoms with E-state index in [0.717, 1.165) is 18.2 Å². The molecule has 0 amide bonds. The van der Waals surface area contributed by atoms with Gasteiger partial charge < -0.3 is 10.1 Å². The molecule has 6 nitrogen and oxygen atoms in total. The quantitative estimate of drug-likeness (QED) is 0.301. The molecule has 1 atom stereocenters. The molecule has 0 saturated carbocycles. The number of ketones is 1. The lowest BCUT2D eigenvalue weighted by Gasteiger charge is -2.14. The van der Waals surface area contributed by atoms with Crippen LogP contribution in [-0.4, -0.2) is 27.6 Å². The molecule has 0 spiro atoms. The minimum Gasteiger partial charge on any atom is -0.466 e. The van der Waals surface area contributed by atoms with E-state index < -0.39 is 51.5 Å². The van der Waals surface area contributed by atoms with Crippen LogP contribution in [0.2, 0.25) is 0 Å². The van der Waals surface area contributed by atoms with Crippen LogP contribution in [0.25, 0.3) is 0 Å². The van der Waals surface area contributed by atoms with Gasteiger partial charge in [-0.05, 0) is 37.3 Å². The van der Waals surface area contributed by atoms with Crippen LogP contribution in [0.4, 0.5) is 24.7 Å². The third-order valence-electron chi connectivity index (χ3n) is 4.17. The second-order valence-electron chi connectivity index (χ2n) is 6.41. The van der Waals surface area contributed by atoms with Crippen molar-refractivity contribution < 1.29 is 31.7 Å². The zero-order chi connectivity index (χ0) is 23.3. The summed E-state index contributed by atoms with van der Waals surface area (Å²) in [5.41, 5.74) is -0.639. The number of nitrogens with zero attached hydrogens (tertiary/aromatic N) is 1. The Morgan fingerprint density at radius 3 is 2.41 bits per heavy atom. The number of benzene rings is 2. The Morgan fingerprint density at radius 2 is 1.75 bits per heavy atom. The molecule has 2 aromatic carbocycles. The van der Waals surface area contributed by atoms with Gasteiger partial charge in [-0.15, -0.1) is 0 Å². The summed E-state index contributed by atoms with van der Waals surface area (Å²) in [6, 6.07) is 11.3.